The Morgan fingerprint density at radius 2 is 2.12 bits per heavy atom. The number of aromatic nitrogens is 3. The van der Waals surface area contributed by atoms with Crippen LogP contribution in [0.1, 0.15) is 31.4 Å². The molecule has 0 radical (unpaired) electrons. The van der Waals surface area contributed by atoms with E-state index in [0.29, 0.717) is 62.5 Å². The van der Waals surface area contributed by atoms with Gasteiger partial charge in [0.25, 0.3) is 0 Å². The quantitative estimate of drug-likeness (QED) is 0.637. The Balaban J connectivity index is 1.18. The highest BCUT2D eigenvalue weighted by Crippen LogP contribution is 2.39. The van der Waals surface area contributed by atoms with E-state index in [9.17, 15) is 17.6 Å². The summed E-state index contributed by atoms with van der Waals surface area (Å²) in [5.74, 6) is -0.317. The molecule has 9 nitrogen and oxygen atoms in total. The number of imidazole rings is 1. The molecule has 0 aromatic carbocycles. The van der Waals surface area contributed by atoms with Crippen molar-refractivity contribution in [1.29, 1.82) is 0 Å². The summed E-state index contributed by atoms with van der Waals surface area (Å²) in [5, 5.41) is 0.309. The van der Waals surface area contributed by atoms with Crippen molar-refractivity contribution in [3.05, 3.63) is 35.0 Å². The topological polar surface area (TPSA) is 108 Å². The van der Waals surface area contributed by atoms with Crippen molar-refractivity contribution < 1.29 is 22.3 Å². The van der Waals surface area contributed by atoms with E-state index in [4.69, 9.17) is 16.3 Å². The zero-order valence-corrected chi connectivity index (χ0v) is 20.4. The highest BCUT2D eigenvalue weighted by atomic mass is 35.5. The minimum Gasteiger partial charge on any atom is -0.380 e. The molecular formula is C22H27ClFN5O4S. The summed E-state index contributed by atoms with van der Waals surface area (Å²) in [7, 11) is -3.55. The van der Waals surface area contributed by atoms with E-state index in [-0.39, 0.29) is 35.3 Å². The molecule has 3 saturated heterocycles. The van der Waals surface area contributed by atoms with Crippen LogP contribution in [0, 0.1) is 17.2 Å². The number of H-pyrrole nitrogens is 1. The zero-order chi connectivity index (χ0) is 24.1. The number of nitrogens with zero attached hydrogens (tertiary/aromatic N) is 4. The Labute approximate surface area is 202 Å². The van der Waals surface area contributed by atoms with Crippen LogP contribution in [0.15, 0.2) is 18.3 Å². The first-order valence-corrected chi connectivity index (χ1v) is 13.4. The smallest absolute Gasteiger partial charge is 0.223 e. The van der Waals surface area contributed by atoms with Crippen molar-refractivity contribution in [1.82, 2.24) is 24.2 Å². The third kappa shape index (κ3) is 4.46. The third-order valence-corrected chi connectivity index (χ3v) is 9.21. The largest absolute Gasteiger partial charge is 0.380 e. The van der Waals surface area contributed by atoms with Crippen molar-refractivity contribution >= 4 is 27.5 Å². The van der Waals surface area contributed by atoms with Crippen LogP contribution < -0.4 is 0 Å². The molecule has 0 bridgehead atoms. The lowest BCUT2D eigenvalue weighted by Crippen LogP contribution is -2.67. The van der Waals surface area contributed by atoms with E-state index in [0.717, 1.165) is 11.9 Å². The average Bonchev–Trinajstić information content (AvgIpc) is 3.12. The van der Waals surface area contributed by atoms with Gasteiger partial charge in [-0.05, 0) is 24.5 Å². The average molecular weight is 512 g/mol. The summed E-state index contributed by atoms with van der Waals surface area (Å²) in [6.45, 7) is 5.35. The van der Waals surface area contributed by atoms with Gasteiger partial charge in [0.05, 0.1) is 36.3 Å². The number of hydrogen-bond donors (Lipinski definition) is 1. The number of rotatable bonds is 6. The Bertz CT molecular complexity index is 1180. The number of piperidine rings is 1. The molecule has 1 N–H and O–H groups in total. The lowest BCUT2D eigenvalue weighted by molar-refractivity contribution is -0.194. The molecule has 5 rings (SSSR count). The number of aromatic amines is 1. The molecule has 3 aliphatic heterocycles. The summed E-state index contributed by atoms with van der Waals surface area (Å²) in [6.07, 6.45) is 1.68. The monoisotopic (exact) mass is 511 g/mol. The van der Waals surface area contributed by atoms with Gasteiger partial charge in [0, 0.05) is 38.5 Å². The van der Waals surface area contributed by atoms with Crippen LogP contribution in [-0.4, -0.2) is 83.6 Å². The maximum Gasteiger partial charge on any atom is 0.223 e. The molecular weight excluding hydrogens is 485 g/mol. The number of nitrogens with one attached hydrogen (secondary N) is 1. The molecule has 184 valence electrons. The van der Waals surface area contributed by atoms with Gasteiger partial charge in [0.1, 0.15) is 11.5 Å². The first kappa shape index (κ1) is 23.7. The van der Waals surface area contributed by atoms with Crippen molar-refractivity contribution in [2.24, 2.45) is 11.3 Å². The first-order chi connectivity index (χ1) is 16.2. The number of halogens is 2. The van der Waals surface area contributed by atoms with Crippen molar-refractivity contribution in [3.63, 3.8) is 0 Å². The number of carbonyl (C=O) groups is 1. The van der Waals surface area contributed by atoms with E-state index in [1.54, 1.807) is 4.90 Å². The maximum absolute atomic E-state index is 13.2. The van der Waals surface area contributed by atoms with Gasteiger partial charge in [0.15, 0.2) is 11.0 Å². The Morgan fingerprint density at radius 3 is 2.74 bits per heavy atom. The van der Waals surface area contributed by atoms with E-state index >= 15 is 0 Å². The highest BCUT2D eigenvalue weighted by Gasteiger charge is 2.50. The minimum absolute atomic E-state index is 0.00597. The van der Waals surface area contributed by atoms with Gasteiger partial charge >= 0.3 is 0 Å². The third-order valence-electron chi connectivity index (χ3n) is 7.08. The van der Waals surface area contributed by atoms with E-state index in [1.165, 1.54) is 16.4 Å². The molecule has 3 fully saturated rings. The highest BCUT2D eigenvalue weighted by molar-refractivity contribution is 7.89. The van der Waals surface area contributed by atoms with Gasteiger partial charge in [0.2, 0.25) is 15.9 Å². The van der Waals surface area contributed by atoms with E-state index in [2.05, 4.69) is 15.0 Å². The number of amides is 1. The molecule has 2 aromatic heterocycles. The zero-order valence-electron chi connectivity index (χ0n) is 18.8. The van der Waals surface area contributed by atoms with Gasteiger partial charge in [-0.2, -0.15) is 0 Å². The van der Waals surface area contributed by atoms with E-state index < -0.39 is 15.8 Å². The fourth-order valence-electron chi connectivity index (χ4n) is 5.05. The molecule has 2 atom stereocenters. The molecule has 34 heavy (non-hydrogen) atoms. The van der Waals surface area contributed by atoms with Crippen molar-refractivity contribution in [2.45, 2.75) is 25.7 Å². The molecule has 0 unspecified atom stereocenters. The molecule has 12 heteroatoms. The van der Waals surface area contributed by atoms with Crippen LogP contribution in [0.25, 0.3) is 11.5 Å². The van der Waals surface area contributed by atoms with Crippen LogP contribution in [0.4, 0.5) is 4.39 Å². The van der Waals surface area contributed by atoms with Gasteiger partial charge in [-0.1, -0.05) is 18.5 Å². The van der Waals surface area contributed by atoms with Crippen LogP contribution in [0.2, 0.25) is 5.15 Å². The molecule has 5 heterocycles. The van der Waals surface area contributed by atoms with Crippen LogP contribution in [0.5, 0.6) is 0 Å². The number of pyridine rings is 1. The number of sulfonamides is 1. The standard InChI is InChI=1S/C22H27ClFN5O4S/c1-14-9-29(34(31,32)7-5-18(30)28-10-22(11-28)12-33-13-22)6-4-16(14)19-20(23)27-21(26-19)17-3-2-15(24)8-25-17/h2-3,8,14,16H,4-7,9-13H2,1H3,(H,26,27)/t14-,16+/m0/s1. The van der Waals surface area contributed by atoms with E-state index in [1.807, 2.05) is 6.92 Å². The molecule has 0 saturated carbocycles. The fraction of sp³-hybridized carbons (Fsp3) is 0.591. The molecule has 1 spiro atoms. The maximum atomic E-state index is 13.2. The van der Waals surface area contributed by atoms with Crippen molar-refractivity contribution in [2.75, 3.05) is 45.1 Å². The Hall–Kier alpha value is -2.08. The second kappa shape index (κ2) is 8.85. The minimum atomic E-state index is -3.55. The molecule has 3 aliphatic rings. The van der Waals surface area contributed by atoms with Gasteiger partial charge in [-0.3, -0.25) is 4.79 Å². The number of ether oxygens (including phenoxy) is 1. The number of carbonyl (C=O) groups excluding carboxylic acids is 1. The Kier molecular flexibility index (Phi) is 6.16. The SMILES string of the molecule is C[C@H]1CN(S(=O)(=O)CCC(=O)N2CC3(COC3)C2)CC[C@H]1c1[nH]c(-c2ccc(F)cn2)nc1Cl. The van der Waals surface area contributed by atoms with Gasteiger partial charge < -0.3 is 14.6 Å². The second-order valence-corrected chi connectivity index (χ2v) is 12.1. The molecule has 2 aromatic rings. The summed E-state index contributed by atoms with van der Waals surface area (Å²) in [5.41, 5.74) is 1.32. The van der Waals surface area contributed by atoms with Crippen LogP contribution >= 0.6 is 11.6 Å². The van der Waals surface area contributed by atoms with Gasteiger partial charge in [-0.25, -0.2) is 27.1 Å². The van der Waals surface area contributed by atoms with Gasteiger partial charge in [-0.15, -0.1) is 0 Å². The summed E-state index contributed by atoms with van der Waals surface area (Å²) in [6, 6.07) is 2.82. The first-order valence-electron chi connectivity index (χ1n) is 11.4. The fourth-order valence-corrected chi connectivity index (χ4v) is 6.86. The summed E-state index contributed by atoms with van der Waals surface area (Å²) < 4.78 is 45.7. The lowest BCUT2D eigenvalue weighted by Gasteiger charge is -2.55. The summed E-state index contributed by atoms with van der Waals surface area (Å²) in [4.78, 5) is 25.7. The predicted molar refractivity (Wildman–Crippen MR) is 123 cm³/mol. The molecule has 1 amide bonds. The van der Waals surface area contributed by atoms with Crippen molar-refractivity contribution in [3.8, 4) is 11.5 Å². The summed E-state index contributed by atoms with van der Waals surface area (Å²) >= 11 is 6.39. The molecule has 0 aliphatic carbocycles. The van der Waals surface area contributed by atoms with Crippen LogP contribution in [-0.2, 0) is 19.6 Å². The second-order valence-electron chi connectivity index (χ2n) is 9.69. The number of likely N-dealkylation sites (tertiary alicyclic amines) is 1. The number of hydrogen-bond acceptors (Lipinski definition) is 6. The normalized spacial score (nSPS) is 24.6. The van der Waals surface area contributed by atoms with Crippen LogP contribution in [0.3, 0.4) is 0 Å². The lowest BCUT2D eigenvalue weighted by atomic mass is 9.78. The predicted octanol–water partition coefficient (Wildman–Crippen LogP) is 2.27. The Morgan fingerprint density at radius 1 is 1.35 bits per heavy atom.